The van der Waals surface area contributed by atoms with Crippen molar-refractivity contribution in [3.8, 4) is 0 Å². The van der Waals surface area contributed by atoms with E-state index in [0.717, 1.165) is 19.4 Å². The zero-order chi connectivity index (χ0) is 15.6. The summed E-state index contributed by atoms with van der Waals surface area (Å²) < 4.78 is 4.61. The second kappa shape index (κ2) is 6.26. The zero-order valence-electron chi connectivity index (χ0n) is 13.2. The van der Waals surface area contributed by atoms with Crippen molar-refractivity contribution in [1.29, 1.82) is 0 Å². The van der Waals surface area contributed by atoms with Crippen molar-refractivity contribution < 1.29 is 0 Å². The first-order valence-electron chi connectivity index (χ1n) is 7.26. The van der Waals surface area contributed by atoms with Gasteiger partial charge in [0, 0.05) is 20.1 Å². The van der Waals surface area contributed by atoms with Gasteiger partial charge in [-0.15, -0.1) is 0 Å². The molecule has 0 aromatic carbocycles. The predicted octanol–water partition coefficient (Wildman–Crippen LogP) is 0.258. The van der Waals surface area contributed by atoms with Crippen LogP contribution < -0.4 is 11.2 Å². The summed E-state index contributed by atoms with van der Waals surface area (Å²) in [7, 11) is 5.56. The molecule has 2 aromatic rings. The molecular formula is C14H23N5O2. The Morgan fingerprint density at radius 3 is 2.57 bits per heavy atom. The smallest absolute Gasteiger partial charge is 0.325 e. The van der Waals surface area contributed by atoms with Gasteiger partial charge in [-0.25, -0.2) is 9.78 Å². The first-order chi connectivity index (χ1) is 9.97. The molecule has 0 aliphatic heterocycles. The van der Waals surface area contributed by atoms with E-state index in [1.807, 2.05) is 25.6 Å². The van der Waals surface area contributed by atoms with Gasteiger partial charge in [0.2, 0.25) is 0 Å². The highest BCUT2D eigenvalue weighted by molar-refractivity contribution is 5.70. The maximum absolute atomic E-state index is 12.4. The lowest BCUT2D eigenvalue weighted by Crippen LogP contribution is -2.38. The van der Waals surface area contributed by atoms with Crippen molar-refractivity contribution in [1.82, 2.24) is 23.6 Å². The Balaban J connectivity index is 2.51. The monoisotopic (exact) mass is 293 g/mol. The van der Waals surface area contributed by atoms with Crippen LogP contribution in [-0.2, 0) is 20.1 Å². The fourth-order valence-corrected chi connectivity index (χ4v) is 2.46. The van der Waals surface area contributed by atoms with Gasteiger partial charge in [-0.3, -0.25) is 13.9 Å². The molecule has 0 radical (unpaired) electrons. The number of nitrogens with zero attached hydrogens (tertiary/aromatic N) is 5. The van der Waals surface area contributed by atoms with Crippen LogP contribution in [0, 0.1) is 0 Å². The van der Waals surface area contributed by atoms with Crippen molar-refractivity contribution >= 4 is 11.2 Å². The molecule has 0 atom stereocenters. The Hall–Kier alpha value is -1.89. The predicted molar refractivity (Wildman–Crippen MR) is 82.7 cm³/mol. The summed E-state index contributed by atoms with van der Waals surface area (Å²) in [6.07, 6.45) is 3.41. The van der Waals surface area contributed by atoms with Crippen molar-refractivity contribution in [3.63, 3.8) is 0 Å². The Labute approximate surface area is 123 Å². The van der Waals surface area contributed by atoms with Gasteiger partial charge < -0.3 is 9.47 Å². The van der Waals surface area contributed by atoms with Crippen LogP contribution in [0.2, 0.25) is 0 Å². The summed E-state index contributed by atoms with van der Waals surface area (Å²) in [5.41, 5.74) is 0.441. The Morgan fingerprint density at radius 2 is 1.95 bits per heavy atom. The molecule has 0 aliphatic rings. The Kier molecular flexibility index (Phi) is 4.62. The number of hydrogen-bond acceptors (Lipinski definition) is 4. The first-order valence-corrected chi connectivity index (χ1v) is 7.26. The van der Waals surface area contributed by atoms with E-state index in [2.05, 4.69) is 9.88 Å². The lowest BCUT2D eigenvalue weighted by Gasteiger charge is -2.11. The summed E-state index contributed by atoms with van der Waals surface area (Å²) >= 11 is 0. The summed E-state index contributed by atoms with van der Waals surface area (Å²) in [6, 6.07) is 0. The van der Waals surface area contributed by atoms with Gasteiger partial charge in [0.25, 0.3) is 5.56 Å². The minimum atomic E-state index is -0.298. The third-order valence-electron chi connectivity index (χ3n) is 3.55. The molecule has 7 heteroatoms. The number of fused-ring (bicyclic) bond motifs is 1. The van der Waals surface area contributed by atoms with Gasteiger partial charge in [0.1, 0.15) is 0 Å². The normalized spacial score (nSPS) is 11.7. The molecule has 0 saturated heterocycles. The minimum absolute atomic E-state index is 0.273. The lowest BCUT2D eigenvalue weighted by molar-refractivity contribution is 0.387. The van der Waals surface area contributed by atoms with E-state index in [0.29, 0.717) is 24.3 Å². The van der Waals surface area contributed by atoms with Crippen molar-refractivity contribution in [2.75, 3.05) is 20.6 Å². The second-order valence-corrected chi connectivity index (χ2v) is 5.57. The average molecular weight is 293 g/mol. The van der Waals surface area contributed by atoms with Gasteiger partial charge in [-0.1, -0.05) is 6.92 Å². The molecule has 0 amide bonds. The Morgan fingerprint density at radius 1 is 1.24 bits per heavy atom. The molecule has 7 nitrogen and oxygen atoms in total. The summed E-state index contributed by atoms with van der Waals surface area (Å²) in [5, 5.41) is 0. The van der Waals surface area contributed by atoms with Crippen LogP contribution in [0.15, 0.2) is 15.9 Å². The van der Waals surface area contributed by atoms with E-state index in [1.54, 1.807) is 10.9 Å². The van der Waals surface area contributed by atoms with E-state index >= 15 is 0 Å². The zero-order valence-corrected chi connectivity index (χ0v) is 13.2. The molecule has 2 rings (SSSR count). The number of hydrogen-bond donors (Lipinski definition) is 0. The minimum Gasteiger partial charge on any atom is -0.325 e. The third kappa shape index (κ3) is 2.92. The molecule has 0 bridgehead atoms. The third-order valence-corrected chi connectivity index (χ3v) is 3.55. The fraction of sp³-hybridized carbons (Fsp3) is 0.643. The van der Waals surface area contributed by atoms with Gasteiger partial charge in [0.15, 0.2) is 11.2 Å². The average Bonchev–Trinajstić information content (AvgIpc) is 2.84. The van der Waals surface area contributed by atoms with E-state index in [9.17, 15) is 9.59 Å². The number of imidazole rings is 1. The number of aryl methyl sites for hydroxylation is 2. The number of rotatable bonds is 6. The van der Waals surface area contributed by atoms with Gasteiger partial charge in [-0.2, -0.15) is 0 Å². The topological polar surface area (TPSA) is 65.1 Å². The number of aromatic nitrogens is 4. The molecule has 0 fully saturated rings. The highest BCUT2D eigenvalue weighted by atomic mass is 16.2. The molecule has 0 aliphatic carbocycles. The van der Waals surface area contributed by atoms with E-state index in [-0.39, 0.29) is 11.2 Å². The van der Waals surface area contributed by atoms with Gasteiger partial charge in [0.05, 0.1) is 6.33 Å². The maximum atomic E-state index is 12.4. The van der Waals surface area contributed by atoms with E-state index in [4.69, 9.17) is 0 Å². The summed E-state index contributed by atoms with van der Waals surface area (Å²) in [5.74, 6) is 0. The quantitative estimate of drug-likeness (QED) is 0.766. The lowest BCUT2D eigenvalue weighted by atomic mass is 10.4. The molecule has 0 saturated carbocycles. The van der Waals surface area contributed by atoms with Crippen molar-refractivity contribution in [3.05, 3.63) is 27.2 Å². The SMILES string of the molecule is CCCn1c(=O)n(C)c(=O)c2c1ncn2CCCN(C)C. The van der Waals surface area contributed by atoms with Gasteiger partial charge >= 0.3 is 5.69 Å². The molecular weight excluding hydrogens is 270 g/mol. The first kappa shape index (κ1) is 15.5. The summed E-state index contributed by atoms with van der Waals surface area (Å²) in [4.78, 5) is 30.9. The maximum Gasteiger partial charge on any atom is 0.332 e. The molecule has 0 unspecified atom stereocenters. The molecule has 0 N–H and O–H groups in total. The van der Waals surface area contributed by atoms with Crippen LogP contribution in [0.25, 0.3) is 11.2 Å². The molecule has 0 spiro atoms. The van der Waals surface area contributed by atoms with Crippen LogP contribution in [0.4, 0.5) is 0 Å². The van der Waals surface area contributed by atoms with Crippen molar-refractivity contribution in [2.24, 2.45) is 7.05 Å². The largest absolute Gasteiger partial charge is 0.332 e. The van der Waals surface area contributed by atoms with Crippen LogP contribution >= 0.6 is 0 Å². The van der Waals surface area contributed by atoms with Crippen LogP contribution in [0.1, 0.15) is 19.8 Å². The van der Waals surface area contributed by atoms with Crippen LogP contribution in [-0.4, -0.2) is 44.2 Å². The molecule has 21 heavy (non-hydrogen) atoms. The second-order valence-electron chi connectivity index (χ2n) is 5.57. The van der Waals surface area contributed by atoms with Gasteiger partial charge in [-0.05, 0) is 33.5 Å². The highest BCUT2D eigenvalue weighted by Crippen LogP contribution is 2.08. The fourth-order valence-electron chi connectivity index (χ4n) is 2.46. The van der Waals surface area contributed by atoms with E-state index in [1.165, 1.54) is 11.6 Å². The molecule has 2 heterocycles. The van der Waals surface area contributed by atoms with E-state index < -0.39 is 0 Å². The summed E-state index contributed by atoms with van der Waals surface area (Å²) in [6.45, 7) is 4.22. The van der Waals surface area contributed by atoms with Crippen LogP contribution in [0.3, 0.4) is 0 Å². The van der Waals surface area contributed by atoms with Crippen molar-refractivity contribution in [2.45, 2.75) is 32.9 Å². The Bertz CT molecular complexity index is 738. The van der Waals surface area contributed by atoms with Crippen LogP contribution in [0.5, 0.6) is 0 Å². The highest BCUT2D eigenvalue weighted by Gasteiger charge is 2.15. The molecule has 116 valence electrons. The molecule has 2 aromatic heterocycles. The standard InChI is InChI=1S/C14H23N5O2/c1-5-7-19-12-11(13(20)17(4)14(19)21)18(10-15-12)9-6-8-16(2)3/h10H,5-9H2,1-4H3.